The molecule has 0 amide bonds. The summed E-state index contributed by atoms with van der Waals surface area (Å²) in [6, 6.07) is 18.5. The molecule has 0 radical (unpaired) electrons. The third-order valence-corrected chi connectivity index (χ3v) is 7.72. The zero-order valence-corrected chi connectivity index (χ0v) is 26.6. The van der Waals surface area contributed by atoms with Gasteiger partial charge in [-0.2, -0.15) is 0 Å². The summed E-state index contributed by atoms with van der Waals surface area (Å²) in [5.41, 5.74) is 2.83. The lowest BCUT2D eigenvalue weighted by atomic mass is 9.96. The molecule has 3 aromatic carbocycles. The zero-order valence-electron chi connectivity index (χ0n) is 26.6. The fourth-order valence-electron chi connectivity index (χ4n) is 5.28. The minimum Gasteiger partial charge on any atom is -0.507 e. The lowest BCUT2D eigenvalue weighted by molar-refractivity contribution is -0.0517. The molecule has 3 heterocycles. The predicted molar refractivity (Wildman–Crippen MR) is 175 cm³/mol. The fourth-order valence-corrected chi connectivity index (χ4v) is 5.28. The Morgan fingerprint density at radius 2 is 1.76 bits per heavy atom. The number of allylic oxidation sites excluding steroid dienone is 2. The number of carbonyl (C=O) groups excluding carboxylic acids is 1. The number of aryl methyl sites for hydroxylation is 1. The minimum atomic E-state index is -0.820. The first-order chi connectivity index (χ1) is 21.9. The lowest BCUT2D eigenvalue weighted by Gasteiger charge is -2.30. The zero-order chi connectivity index (χ0) is 33.2. The van der Waals surface area contributed by atoms with Crippen LogP contribution >= 0.6 is 0 Å². The largest absolute Gasteiger partial charge is 0.507 e. The van der Waals surface area contributed by atoms with E-state index in [9.17, 15) is 19.5 Å². The highest BCUT2D eigenvalue weighted by Gasteiger charge is 2.40. The van der Waals surface area contributed by atoms with Gasteiger partial charge in [-0.1, -0.05) is 29.8 Å². The van der Waals surface area contributed by atoms with Crippen LogP contribution in [-0.4, -0.2) is 29.9 Å². The molecule has 1 unspecified atom stereocenters. The Morgan fingerprint density at radius 3 is 2.46 bits per heavy atom. The molecule has 0 fully saturated rings. The molecule has 9 heteroatoms. The van der Waals surface area contributed by atoms with E-state index in [2.05, 4.69) is 0 Å². The number of benzene rings is 3. The van der Waals surface area contributed by atoms with E-state index in [1.165, 1.54) is 25.3 Å². The van der Waals surface area contributed by atoms with Gasteiger partial charge in [-0.15, -0.1) is 0 Å². The summed E-state index contributed by atoms with van der Waals surface area (Å²) < 4.78 is 27.9. The molecule has 1 aliphatic heterocycles. The Hall–Kier alpha value is -5.31. The fraction of sp³-hybridized carbons (Fsp3) is 0.270. The average Bonchev–Trinajstić information content (AvgIpc) is 3.43. The van der Waals surface area contributed by atoms with Crippen molar-refractivity contribution in [1.82, 2.24) is 0 Å². The van der Waals surface area contributed by atoms with E-state index in [4.69, 9.17) is 23.0 Å². The Labute approximate surface area is 265 Å². The molecule has 1 aliphatic rings. The van der Waals surface area contributed by atoms with Gasteiger partial charge in [0.15, 0.2) is 5.43 Å². The molecule has 0 bridgehead atoms. The number of esters is 1. The Balaban J connectivity index is 0.000000188. The van der Waals surface area contributed by atoms with E-state index < -0.39 is 11.2 Å². The van der Waals surface area contributed by atoms with Crippen molar-refractivity contribution in [3.05, 3.63) is 121 Å². The maximum absolute atomic E-state index is 12.4. The molecule has 1 N–H and O–H groups in total. The van der Waals surface area contributed by atoms with Crippen LogP contribution < -0.4 is 20.5 Å². The van der Waals surface area contributed by atoms with Gasteiger partial charge in [-0.25, -0.2) is 9.59 Å². The van der Waals surface area contributed by atoms with Crippen molar-refractivity contribution in [2.45, 2.75) is 59.2 Å². The van der Waals surface area contributed by atoms with Crippen LogP contribution in [0.3, 0.4) is 0 Å². The number of hydrogen-bond donors (Lipinski definition) is 1. The molecule has 0 spiro atoms. The lowest BCUT2D eigenvalue weighted by Crippen LogP contribution is -2.43. The van der Waals surface area contributed by atoms with Crippen molar-refractivity contribution >= 4 is 27.9 Å². The maximum atomic E-state index is 12.4. The maximum Gasteiger partial charge on any atom is 0.338 e. The normalized spacial score (nSPS) is 13.7. The van der Waals surface area contributed by atoms with E-state index in [1.54, 1.807) is 43.3 Å². The SMILES string of the molecule is CC(C)(OC(=O)c1ccccc1)C1Cc2cc3ccc(=O)oc3cc2O1.COc1cc(O)c2c(=O)cc(C)oc2c1CC=C(C)C. The Morgan fingerprint density at radius 1 is 1.02 bits per heavy atom. The van der Waals surface area contributed by atoms with E-state index in [0.29, 0.717) is 46.8 Å². The third kappa shape index (κ3) is 6.83. The first-order valence-electron chi connectivity index (χ1n) is 14.8. The summed E-state index contributed by atoms with van der Waals surface area (Å²) in [6.45, 7) is 9.38. The topological polar surface area (TPSA) is 125 Å². The Bertz CT molecular complexity index is 2060. The highest BCUT2D eigenvalue weighted by Crippen LogP contribution is 2.38. The van der Waals surface area contributed by atoms with Crippen LogP contribution in [0.25, 0.3) is 21.9 Å². The first-order valence-corrected chi connectivity index (χ1v) is 14.8. The third-order valence-electron chi connectivity index (χ3n) is 7.72. The van der Waals surface area contributed by atoms with Crippen LogP contribution in [0.4, 0.5) is 0 Å². The van der Waals surface area contributed by atoms with Crippen LogP contribution in [-0.2, 0) is 17.6 Å². The van der Waals surface area contributed by atoms with Crippen molar-refractivity contribution in [2.24, 2.45) is 0 Å². The predicted octanol–water partition coefficient (Wildman–Crippen LogP) is 7.06. The van der Waals surface area contributed by atoms with E-state index in [-0.39, 0.29) is 28.6 Å². The van der Waals surface area contributed by atoms with Gasteiger partial charge in [0.1, 0.15) is 51.3 Å². The molecule has 46 heavy (non-hydrogen) atoms. The minimum absolute atomic E-state index is 0.119. The average molecular weight is 625 g/mol. The number of carbonyl (C=O) groups is 1. The van der Waals surface area contributed by atoms with Gasteiger partial charge in [0, 0.05) is 41.6 Å². The number of ether oxygens (including phenoxy) is 3. The van der Waals surface area contributed by atoms with Gasteiger partial charge in [-0.05, 0) is 70.9 Å². The summed E-state index contributed by atoms with van der Waals surface area (Å²) in [5.74, 6) is 1.17. The summed E-state index contributed by atoms with van der Waals surface area (Å²) >= 11 is 0. The molecule has 2 aromatic heterocycles. The number of rotatable bonds is 6. The molecule has 5 aromatic rings. The first kappa shape index (κ1) is 32.1. The van der Waals surface area contributed by atoms with Gasteiger partial charge in [0.2, 0.25) is 0 Å². The van der Waals surface area contributed by atoms with E-state index >= 15 is 0 Å². The van der Waals surface area contributed by atoms with E-state index in [0.717, 1.165) is 22.1 Å². The quantitative estimate of drug-likeness (QED) is 0.120. The van der Waals surface area contributed by atoms with Crippen molar-refractivity contribution in [3.63, 3.8) is 0 Å². The second-order valence-corrected chi connectivity index (χ2v) is 11.9. The molecular weight excluding hydrogens is 588 g/mol. The molecule has 0 saturated carbocycles. The second kappa shape index (κ2) is 13.0. The van der Waals surface area contributed by atoms with Crippen molar-refractivity contribution in [3.8, 4) is 17.2 Å². The van der Waals surface area contributed by atoms with E-state index in [1.807, 2.05) is 45.9 Å². The number of methoxy groups -OCH3 is 1. The monoisotopic (exact) mass is 624 g/mol. The number of aromatic hydroxyl groups is 1. The molecule has 9 nitrogen and oxygen atoms in total. The number of fused-ring (bicyclic) bond motifs is 3. The van der Waals surface area contributed by atoms with Crippen LogP contribution in [0.15, 0.2) is 96.8 Å². The smallest absolute Gasteiger partial charge is 0.338 e. The number of phenols is 1. The summed E-state index contributed by atoms with van der Waals surface area (Å²) in [4.78, 5) is 35.8. The highest BCUT2D eigenvalue weighted by atomic mass is 16.6. The standard InChI is InChI=1S/C21H18O5.C16H18O4/c1-21(2,26-20(23)13-6-4-3-5-7-13)18-11-15-10-14-8-9-19(22)25-16(14)12-17(15)24-18;1-9(2)5-6-11-14(19-4)8-13(18)15-12(17)7-10(3)20-16(11)15/h3-10,12,18H,11H2,1-2H3;5,7-8,18H,6H2,1-4H3. The molecule has 6 rings (SSSR count). The summed E-state index contributed by atoms with van der Waals surface area (Å²) in [6.07, 6.45) is 2.89. The van der Waals surface area contributed by atoms with Gasteiger partial charge < -0.3 is 28.2 Å². The van der Waals surface area contributed by atoms with Crippen LogP contribution in [0.1, 0.15) is 54.9 Å². The van der Waals surface area contributed by atoms with Gasteiger partial charge in [-0.3, -0.25) is 4.79 Å². The second-order valence-electron chi connectivity index (χ2n) is 11.9. The molecule has 1 atom stereocenters. The Kier molecular flexibility index (Phi) is 9.05. The molecule has 0 aliphatic carbocycles. The van der Waals surface area contributed by atoms with Crippen molar-refractivity contribution in [2.75, 3.05) is 7.11 Å². The van der Waals surface area contributed by atoms with Crippen molar-refractivity contribution < 1.29 is 32.9 Å². The van der Waals surface area contributed by atoms with Crippen LogP contribution in [0.2, 0.25) is 0 Å². The number of phenolic OH excluding ortho intramolecular Hbond substituents is 1. The van der Waals surface area contributed by atoms with Crippen LogP contribution in [0, 0.1) is 6.92 Å². The molecular formula is C37H36O9. The molecule has 0 saturated heterocycles. The van der Waals surface area contributed by atoms with Gasteiger partial charge in [0.25, 0.3) is 0 Å². The summed E-state index contributed by atoms with van der Waals surface area (Å²) in [7, 11) is 1.53. The van der Waals surface area contributed by atoms with Gasteiger partial charge in [0.05, 0.1) is 12.7 Å². The summed E-state index contributed by atoms with van der Waals surface area (Å²) in [5, 5.41) is 11.0. The van der Waals surface area contributed by atoms with Crippen molar-refractivity contribution in [1.29, 1.82) is 0 Å². The highest BCUT2D eigenvalue weighted by molar-refractivity contribution is 5.90. The van der Waals surface area contributed by atoms with Gasteiger partial charge >= 0.3 is 11.6 Å². The number of hydrogen-bond acceptors (Lipinski definition) is 9. The van der Waals surface area contributed by atoms with Crippen LogP contribution in [0.5, 0.6) is 17.2 Å². The molecule has 238 valence electrons.